The summed E-state index contributed by atoms with van der Waals surface area (Å²) in [6.07, 6.45) is 2.83. The Balaban J connectivity index is 1.57. The van der Waals surface area contributed by atoms with Gasteiger partial charge in [-0.2, -0.15) is 5.10 Å². The first kappa shape index (κ1) is 21.1. The number of esters is 1. The zero-order valence-corrected chi connectivity index (χ0v) is 17.8. The van der Waals surface area contributed by atoms with Gasteiger partial charge in [-0.1, -0.05) is 61.9 Å². The van der Waals surface area contributed by atoms with Crippen LogP contribution in [0.5, 0.6) is 0 Å². The van der Waals surface area contributed by atoms with Crippen molar-refractivity contribution in [1.29, 1.82) is 0 Å². The van der Waals surface area contributed by atoms with E-state index in [1.807, 2.05) is 32.0 Å². The molecule has 0 atom stereocenters. The Morgan fingerprint density at radius 3 is 2.59 bits per heavy atom. The lowest BCUT2D eigenvalue weighted by molar-refractivity contribution is -0.134. The Morgan fingerprint density at radius 1 is 1.24 bits per heavy atom. The summed E-state index contributed by atoms with van der Waals surface area (Å²) < 4.78 is 6.84. The van der Waals surface area contributed by atoms with E-state index in [4.69, 9.17) is 16.3 Å². The van der Waals surface area contributed by atoms with Gasteiger partial charge in [-0.3, -0.25) is 9.48 Å². The molecule has 3 rings (SSSR count). The van der Waals surface area contributed by atoms with Crippen LogP contribution in [0.25, 0.3) is 5.57 Å². The van der Waals surface area contributed by atoms with Crippen molar-refractivity contribution in [3.8, 4) is 0 Å². The Bertz CT molecular complexity index is 919. The van der Waals surface area contributed by atoms with Crippen molar-refractivity contribution in [2.24, 2.45) is 5.92 Å². The van der Waals surface area contributed by atoms with E-state index in [0.29, 0.717) is 31.2 Å². The van der Waals surface area contributed by atoms with Gasteiger partial charge in [0.15, 0.2) is 6.61 Å². The lowest BCUT2D eigenvalue weighted by atomic mass is 10.00. The van der Waals surface area contributed by atoms with Gasteiger partial charge in [-0.15, -0.1) is 0 Å². The molecule has 1 aliphatic rings. The summed E-state index contributed by atoms with van der Waals surface area (Å²) in [6, 6.07) is 10.1. The second-order valence-corrected chi connectivity index (χ2v) is 7.95. The third kappa shape index (κ3) is 5.07. The maximum atomic E-state index is 12.5. The zero-order valence-electron chi connectivity index (χ0n) is 17.0. The molecule has 29 heavy (non-hydrogen) atoms. The number of benzene rings is 1. The monoisotopic (exact) mass is 415 g/mol. The number of ether oxygens (including phenoxy) is 1. The lowest BCUT2D eigenvalue weighted by Gasteiger charge is -2.26. The highest BCUT2D eigenvalue weighted by Gasteiger charge is 2.24. The van der Waals surface area contributed by atoms with Gasteiger partial charge in [-0.25, -0.2) is 4.79 Å². The number of carbonyl (C=O) groups is 2. The van der Waals surface area contributed by atoms with Gasteiger partial charge < -0.3 is 9.64 Å². The highest BCUT2D eigenvalue weighted by Crippen LogP contribution is 2.23. The standard InChI is InChI=1S/C22H26ClN3O3/c1-15(2)13-26-21(23)20(16(3)24-26)22(28)29-14-19(27)25-11-9-18(10-12-25)17-7-5-4-6-8-17/h4-9,15H,10-14H2,1-3H3. The molecular weight excluding hydrogens is 390 g/mol. The molecule has 154 valence electrons. The van der Waals surface area contributed by atoms with E-state index in [2.05, 4.69) is 23.3 Å². The van der Waals surface area contributed by atoms with Crippen LogP contribution in [-0.4, -0.2) is 46.3 Å². The van der Waals surface area contributed by atoms with Crippen molar-refractivity contribution in [3.05, 3.63) is 58.4 Å². The molecule has 0 saturated carbocycles. The summed E-state index contributed by atoms with van der Waals surface area (Å²) in [5.74, 6) is -0.497. The molecule has 1 amide bonds. The fraction of sp³-hybridized carbons (Fsp3) is 0.409. The minimum absolute atomic E-state index is 0.218. The number of aromatic nitrogens is 2. The van der Waals surface area contributed by atoms with Crippen molar-refractivity contribution in [2.45, 2.75) is 33.7 Å². The molecule has 7 heteroatoms. The normalized spacial score (nSPS) is 14.1. The summed E-state index contributed by atoms with van der Waals surface area (Å²) >= 11 is 6.30. The third-order valence-corrected chi connectivity index (χ3v) is 5.22. The van der Waals surface area contributed by atoms with Crippen LogP contribution in [0.2, 0.25) is 5.15 Å². The van der Waals surface area contributed by atoms with Crippen LogP contribution in [0.3, 0.4) is 0 Å². The minimum Gasteiger partial charge on any atom is -0.452 e. The average molecular weight is 416 g/mol. The molecule has 0 N–H and O–H groups in total. The predicted molar refractivity (Wildman–Crippen MR) is 113 cm³/mol. The molecule has 2 heterocycles. The van der Waals surface area contributed by atoms with E-state index in [1.165, 1.54) is 11.1 Å². The molecule has 0 aliphatic carbocycles. The Labute approximate surface area is 176 Å². The van der Waals surface area contributed by atoms with Crippen LogP contribution < -0.4 is 0 Å². The topological polar surface area (TPSA) is 64.4 Å². The molecule has 1 aliphatic heterocycles. The van der Waals surface area contributed by atoms with Gasteiger partial charge in [0.25, 0.3) is 5.91 Å². The summed E-state index contributed by atoms with van der Waals surface area (Å²) in [6.45, 7) is 7.20. The number of carbonyl (C=O) groups excluding carboxylic acids is 2. The smallest absolute Gasteiger partial charge is 0.343 e. The number of nitrogens with zero attached hydrogens (tertiary/aromatic N) is 3. The number of hydrogen-bond donors (Lipinski definition) is 0. The Hall–Kier alpha value is -2.60. The number of aryl methyl sites for hydroxylation is 1. The van der Waals surface area contributed by atoms with E-state index in [0.717, 1.165) is 6.42 Å². The number of rotatable bonds is 6. The van der Waals surface area contributed by atoms with E-state index < -0.39 is 5.97 Å². The largest absolute Gasteiger partial charge is 0.452 e. The van der Waals surface area contributed by atoms with E-state index in [9.17, 15) is 9.59 Å². The second-order valence-electron chi connectivity index (χ2n) is 7.59. The molecule has 0 bridgehead atoms. The van der Waals surface area contributed by atoms with Crippen LogP contribution in [-0.2, 0) is 16.1 Å². The van der Waals surface area contributed by atoms with Crippen LogP contribution >= 0.6 is 11.6 Å². The molecule has 1 aromatic heterocycles. The van der Waals surface area contributed by atoms with Crippen molar-refractivity contribution in [2.75, 3.05) is 19.7 Å². The van der Waals surface area contributed by atoms with E-state index in [1.54, 1.807) is 16.5 Å². The second kappa shape index (κ2) is 9.27. The third-order valence-electron chi connectivity index (χ3n) is 4.84. The fourth-order valence-corrected chi connectivity index (χ4v) is 3.67. The first-order valence-electron chi connectivity index (χ1n) is 9.79. The van der Waals surface area contributed by atoms with Crippen LogP contribution in [0, 0.1) is 12.8 Å². The van der Waals surface area contributed by atoms with Crippen molar-refractivity contribution >= 4 is 29.1 Å². The maximum Gasteiger partial charge on any atom is 0.343 e. The molecular formula is C22H26ClN3O3. The summed E-state index contributed by atoms with van der Waals surface area (Å²) in [5, 5.41) is 4.56. The molecule has 0 spiro atoms. The lowest BCUT2D eigenvalue weighted by Crippen LogP contribution is -2.37. The molecule has 6 nitrogen and oxygen atoms in total. The summed E-state index contributed by atoms with van der Waals surface area (Å²) in [5.41, 5.74) is 3.13. The highest BCUT2D eigenvalue weighted by atomic mass is 35.5. The first-order chi connectivity index (χ1) is 13.9. The molecule has 0 fully saturated rings. The minimum atomic E-state index is -0.617. The Kier molecular flexibility index (Phi) is 6.75. The Morgan fingerprint density at radius 2 is 1.97 bits per heavy atom. The van der Waals surface area contributed by atoms with Crippen molar-refractivity contribution < 1.29 is 14.3 Å². The molecule has 2 aromatic rings. The average Bonchev–Trinajstić information content (AvgIpc) is 2.99. The van der Waals surface area contributed by atoms with Crippen LogP contribution in [0.15, 0.2) is 36.4 Å². The van der Waals surface area contributed by atoms with Gasteiger partial charge in [0.1, 0.15) is 10.7 Å². The van der Waals surface area contributed by atoms with Gasteiger partial charge in [0, 0.05) is 19.6 Å². The van der Waals surface area contributed by atoms with Crippen LogP contribution in [0.4, 0.5) is 0 Å². The van der Waals surface area contributed by atoms with Crippen molar-refractivity contribution in [1.82, 2.24) is 14.7 Å². The van der Waals surface area contributed by atoms with Gasteiger partial charge in [0.05, 0.1) is 5.69 Å². The fourth-order valence-electron chi connectivity index (χ4n) is 3.35. The number of amides is 1. The van der Waals surface area contributed by atoms with Crippen LogP contribution in [0.1, 0.15) is 41.9 Å². The SMILES string of the molecule is Cc1nn(CC(C)C)c(Cl)c1C(=O)OCC(=O)N1CC=C(c2ccccc2)CC1. The van der Waals surface area contributed by atoms with Gasteiger partial charge in [-0.05, 0) is 30.4 Å². The van der Waals surface area contributed by atoms with Gasteiger partial charge in [0.2, 0.25) is 0 Å². The summed E-state index contributed by atoms with van der Waals surface area (Å²) in [4.78, 5) is 26.6. The zero-order chi connectivity index (χ0) is 21.0. The molecule has 0 unspecified atom stereocenters. The number of halogens is 1. The molecule has 0 saturated heterocycles. The van der Waals surface area contributed by atoms with Crippen molar-refractivity contribution in [3.63, 3.8) is 0 Å². The van der Waals surface area contributed by atoms with E-state index >= 15 is 0 Å². The maximum absolute atomic E-state index is 12.5. The number of hydrogen-bond acceptors (Lipinski definition) is 4. The quantitative estimate of drug-likeness (QED) is 0.669. The van der Waals surface area contributed by atoms with E-state index in [-0.39, 0.29) is 23.2 Å². The molecule has 1 aromatic carbocycles. The molecule has 0 radical (unpaired) electrons. The predicted octanol–water partition coefficient (Wildman–Crippen LogP) is 3.97. The first-order valence-corrected chi connectivity index (χ1v) is 10.2. The van der Waals surface area contributed by atoms with Gasteiger partial charge >= 0.3 is 5.97 Å². The highest BCUT2D eigenvalue weighted by molar-refractivity contribution is 6.32. The summed E-state index contributed by atoms with van der Waals surface area (Å²) in [7, 11) is 0.